The van der Waals surface area contributed by atoms with Gasteiger partial charge in [-0.1, -0.05) is 35.9 Å². The van der Waals surface area contributed by atoms with Gasteiger partial charge in [-0.25, -0.2) is 4.98 Å². The zero-order chi connectivity index (χ0) is 21.6. The molecule has 0 aliphatic carbocycles. The lowest BCUT2D eigenvalue weighted by atomic mass is 10.1. The number of fused-ring (bicyclic) bond motifs is 1. The molecule has 2 aromatic heterocycles. The van der Waals surface area contributed by atoms with Crippen LogP contribution in [-0.4, -0.2) is 34.2 Å². The van der Waals surface area contributed by atoms with E-state index in [1.54, 1.807) is 10.5 Å². The Morgan fingerprint density at radius 1 is 1.22 bits per heavy atom. The highest BCUT2D eigenvalue weighted by molar-refractivity contribution is 5.81. The second-order valence-electron chi connectivity index (χ2n) is 5.55. The Hall–Kier alpha value is -2.62. The van der Waals surface area contributed by atoms with Crippen LogP contribution < -0.4 is 0 Å². The van der Waals surface area contributed by atoms with E-state index in [0.717, 1.165) is 11.1 Å². The Labute approximate surface area is 144 Å². The third kappa shape index (κ3) is 2.97. The zero-order valence-corrected chi connectivity index (χ0v) is 13.0. The Bertz CT molecular complexity index is 1050. The van der Waals surface area contributed by atoms with Crippen LogP contribution in [0.25, 0.3) is 16.9 Å². The van der Waals surface area contributed by atoms with Crippen molar-refractivity contribution in [2.24, 2.45) is 0 Å². The van der Waals surface area contributed by atoms with Crippen LogP contribution in [-0.2, 0) is 11.2 Å². The van der Waals surface area contributed by atoms with Crippen LogP contribution >= 0.6 is 0 Å². The van der Waals surface area contributed by atoms with Crippen LogP contribution in [0.1, 0.15) is 25.0 Å². The minimum atomic E-state index is -2.56. The van der Waals surface area contributed by atoms with Gasteiger partial charge < -0.3 is 9.30 Å². The fourth-order valence-corrected chi connectivity index (χ4v) is 2.47. The minimum Gasteiger partial charge on any atom is -0.348 e. The van der Waals surface area contributed by atoms with Crippen LogP contribution in [0.2, 0.25) is 0 Å². The lowest BCUT2D eigenvalue weighted by Crippen LogP contribution is -2.24. The molecule has 0 unspecified atom stereocenters. The van der Waals surface area contributed by atoms with E-state index in [4.69, 9.17) is 8.22 Å². The predicted molar refractivity (Wildman–Crippen MR) is 92.5 cm³/mol. The maximum absolute atomic E-state index is 12.6. The maximum atomic E-state index is 12.6. The molecular formula is C19H21N3O. The molecule has 1 aromatic carbocycles. The van der Waals surface area contributed by atoms with Crippen LogP contribution in [0.5, 0.6) is 0 Å². The number of hydrogen-bond donors (Lipinski definition) is 0. The molecule has 0 bridgehead atoms. The van der Waals surface area contributed by atoms with Crippen LogP contribution in [0.3, 0.4) is 0 Å². The summed E-state index contributed by atoms with van der Waals surface area (Å²) in [5, 5.41) is 0. The van der Waals surface area contributed by atoms with E-state index in [1.807, 2.05) is 31.2 Å². The fourth-order valence-electron chi connectivity index (χ4n) is 2.47. The van der Waals surface area contributed by atoms with Gasteiger partial charge in [0.15, 0.2) is 0 Å². The Balaban J connectivity index is 2.18. The smallest absolute Gasteiger partial charge is 0.228 e. The molecule has 0 aliphatic heterocycles. The van der Waals surface area contributed by atoms with Crippen LogP contribution in [0.15, 0.2) is 42.6 Å². The molecule has 4 heteroatoms. The topological polar surface area (TPSA) is 37.6 Å². The van der Waals surface area contributed by atoms with Gasteiger partial charge in [0, 0.05) is 34.0 Å². The summed E-state index contributed by atoms with van der Waals surface area (Å²) in [5.41, 5.74) is 3.36. The van der Waals surface area contributed by atoms with Gasteiger partial charge in [-0.2, -0.15) is 0 Å². The summed E-state index contributed by atoms with van der Waals surface area (Å²) in [7, 11) is 1.22. The van der Waals surface area contributed by atoms with Gasteiger partial charge in [-0.3, -0.25) is 4.79 Å². The van der Waals surface area contributed by atoms with Gasteiger partial charge >= 0.3 is 0 Å². The van der Waals surface area contributed by atoms with Crippen molar-refractivity contribution in [1.29, 1.82) is 0 Å². The highest BCUT2D eigenvalue weighted by Gasteiger charge is 2.18. The number of aryl methyl sites for hydroxylation is 2. The summed E-state index contributed by atoms with van der Waals surface area (Å²) in [6.45, 7) is -2.93. The van der Waals surface area contributed by atoms with Crippen molar-refractivity contribution in [1.82, 2.24) is 14.3 Å². The van der Waals surface area contributed by atoms with E-state index in [0.29, 0.717) is 21.9 Å². The third-order valence-corrected chi connectivity index (χ3v) is 3.74. The van der Waals surface area contributed by atoms with E-state index in [9.17, 15) is 4.79 Å². The van der Waals surface area contributed by atoms with E-state index in [2.05, 4.69) is 4.98 Å². The van der Waals surface area contributed by atoms with E-state index >= 15 is 0 Å². The molecule has 0 spiro atoms. The molecule has 1 amide bonds. The largest absolute Gasteiger partial charge is 0.348 e. The SMILES string of the molecule is [2H]C([2H])([2H])c1ccc2nc(-c3ccc(C)cc3)c(CC(=O)N(C)C([2H])([2H])[2H])n2c1. The summed E-state index contributed by atoms with van der Waals surface area (Å²) in [4.78, 5) is 17.9. The number of hydrogen-bond acceptors (Lipinski definition) is 2. The molecule has 0 saturated carbocycles. The molecule has 118 valence electrons. The van der Waals surface area contributed by atoms with Gasteiger partial charge in [-0.15, -0.1) is 0 Å². The molecule has 0 radical (unpaired) electrons. The maximum Gasteiger partial charge on any atom is 0.228 e. The van der Waals surface area contributed by atoms with Gasteiger partial charge in [-0.05, 0) is 25.4 Å². The van der Waals surface area contributed by atoms with Crippen molar-refractivity contribution in [3.05, 3.63) is 59.4 Å². The summed E-state index contributed by atoms with van der Waals surface area (Å²) in [5.74, 6) is -0.612. The number of pyridine rings is 1. The predicted octanol–water partition coefficient (Wildman–Crippen LogP) is 3.25. The van der Waals surface area contributed by atoms with Crippen molar-refractivity contribution in [2.45, 2.75) is 20.2 Å². The summed E-state index contributed by atoms with van der Waals surface area (Å²) < 4.78 is 46.9. The first-order chi connectivity index (χ1) is 13.4. The van der Waals surface area contributed by atoms with Gasteiger partial charge in [0.05, 0.1) is 17.8 Å². The monoisotopic (exact) mass is 313 g/mol. The second-order valence-corrected chi connectivity index (χ2v) is 5.55. The molecule has 0 saturated heterocycles. The first kappa shape index (κ1) is 9.50. The van der Waals surface area contributed by atoms with E-state index in [1.165, 1.54) is 19.3 Å². The van der Waals surface area contributed by atoms with Crippen molar-refractivity contribution < 1.29 is 13.0 Å². The summed E-state index contributed by atoms with van der Waals surface area (Å²) in [6, 6.07) is 10.6. The second kappa shape index (κ2) is 5.88. The molecule has 0 fully saturated rings. The number of amides is 1. The van der Waals surface area contributed by atoms with E-state index in [-0.39, 0.29) is 12.0 Å². The average Bonchev–Trinajstić information content (AvgIpc) is 2.98. The van der Waals surface area contributed by atoms with Crippen molar-refractivity contribution in [3.63, 3.8) is 0 Å². The number of nitrogens with zero attached hydrogens (tertiary/aromatic N) is 3. The average molecular weight is 313 g/mol. The van der Waals surface area contributed by atoms with Gasteiger partial charge in [0.25, 0.3) is 0 Å². The Morgan fingerprint density at radius 2 is 1.96 bits per heavy atom. The number of imidazole rings is 1. The molecule has 0 aliphatic rings. The van der Waals surface area contributed by atoms with Crippen molar-refractivity contribution in [2.75, 3.05) is 14.0 Å². The van der Waals surface area contributed by atoms with Gasteiger partial charge in [0.1, 0.15) is 5.65 Å². The molecule has 2 heterocycles. The Morgan fingerprint density at radius 3 is 2.65 bits per heavy atom. The standard InChI is InChI=1S/C19H21N3O/c1-13-5-8-15(9-6-13)19-16(11-18(23)21(3)4)22-12-14(2)7-10-17(22)20-19/h5-10,12H,11H2,1-4H3/i2D3,3D3. The van der Waals surface area contributed by atoms with E-state index < -0.39 is 19.7 Å². The summed E-state index contributed by atoms with van der Waals surface area (Å²) in [6.07, 6.45) is 1.20. The van der Waals surface area contributed by atoms with Crippen LogP contribution in [0, 0.1) is 13.8 Å². The third-order valence-electron chi connectivity index (χ3n) is 3.74. The van der Waals surface area contributed by atoms with Gasteiger partial charge in [0.2, 0.25) is 5.91 Å². The number of likely N-dealkylation sites (N-methyl/N-ethyl adjacent to an activating group) is 1. The normalized spacial score (nSPS) is 15.9. The molecule has 23 heavy (non-hydrogen) atoms. The number of carbonyl (C=O) groups excluding carboxylic acids is 1. The Kier molecular flexibility index (Phi) is 2.43. The molecule has 4 nitrogen and oxygen atoms in total. The highest BCUT2D eigenvalue weighted by atomic mass is 16.2. The highest BCUT2D eigenvalue weighted by Crippen LogP contribution is 2.26. The molecule has 0 N–H and O–H groups in total. The fraction of sp³-hybridized carbons (Fsp3) is 0.263. The number of carbonyl (C=O) groups is 1. The van der Waals surface area contributed by atoms with Crippen molar-refractivity contribution >= 4 is 11.6 Å². The number of rotatable bonds is 3. The number of aromatic nitrogens is 2. The molecule has 0 atom stereocenters. The summed E-state index contributed by atoms with van der Waals surface area (Å²) >= 11 is 0. The first-order valence-corrected chi connectivity index (χ1v) is 7.23. The first-order valence-electron chi connectivity index (χ1n) is 10.2. The van der Waals surface area contributed by atoms with Crippen LogP contribution in [0.4, 0.5) is 0 Å². The lowest BCUT2D eigenvalue weighted by molar-refractivity contribution is -0.128. The molecular weight excluding hydrogens is 286 g/mol. The number of benzene rings is 1. The zero-order valence-electron chi connectivity index (χ0n) is 19.0. The molecule has 3 aromatic rings. The minimum absolute atomic E-state index is 0.107. The quantitative estimate of drug-likeness (QED) is 0.744. The molecule has 3 rings (SSSR count). The lowest BCUT2D eigenvalue weighted by Gasteiger charge is -2.11. The van der Waals surface area contributed by atoms with Crippen molar-refractivity contribution in [3.8, 4) is 11.3 Å².